The van der Waals surface area contributed by atoms with Gasteiger partial charge in [0.05, 0.1) is 18.6 Å². The van der Waals surface area contributed by atoms with Crippen LogP contribution in [0.25, 0.3) is 6.08 Å². The topological polar surface area (TPSA) is 62.2 Å². The van der Waals surface area contributed by atoms with Gasteiger partial charge in [-0.1, -0.05) is 55.9 Å². The molecule has 0 N–H and O–H groups in total. The number of thioether (sulfide) groups is 1. The minimum absolute atomic E-state index is 0.0876. The number of nitrogens with zero attached hydrogens (tertiary/aromatic N) is 3. The Bertz CT molecular complexity index is 1140. The lowest BCUT2D eigenvalue weighted by Crippen LogP contribution is -2.43. The van der Waals surface area contributed by atoms with E-state index in [0.717, 1.165) is 31.4 Å². The van der Waals surface area contributed by atoms with E-state index in [1.807, 2.05) is 47.4 Å². The predicted octanol–water partition coefficient (Wildman–Crippen LogP) is 5.70. The molecule has 0 radical (unpaired) electrons. The van der Waals surface area contributed by atoms with Gasteiger partial charge in [0.1, 0.15) is 11.4 Å². The number of amidine groups is 1. The van der Waals surface area contributed by atoms with Crippen LogP contribution in [-0.2, 0) is 9.59 Å². The first kappa shape index (κ1) is 25.0. The fourth-order valence-electron chi connectivity index (χ4n) is 4.38. The Labute approximate surface area is 212 Å². The molecule has 0 aliphatic carbocycles. The number of aliphatic imine (C=N–C) groups is 1. The summed E-state index contributed by atoms with van der Waals surface area (Å²) >= 11 is 1.31. The van der Waals surface area contributed by atoms with Gasteiger partial charge >= 0.3 is 0 Å². The number of ether oxygens (including phenoxy) is 1. The van der Waals surface area contributed by atoms with Crippen LogP contribution in [0.5, 0.6) is 5.75 Å². The normalized spacial score (nSPS) is 19.5. The van der Waals surface area contributed by atoms with E-state index in [1.54, 1.807) is 12.0 Å². The van der Waals surface area contributed by atoms with Crippen LogP contribution in [0, 0.1) is 0 Å². The number of hydrogen-bond acceptors (Lipinski definition) is 5. The van der Waals surface area contributed by atoms with Crippen molar-refractivity contribution in [2.45, 2.75) is 52.0 Å². The number of carbonyl (C=O) groups excluding carboxylic acids is 2. The van der Waals surface area contributed by atoms with Crippen LogP contribution < -0.4 is 9.64 Å². The summed E-state index contributed by atoms with van der Waals surface area (Å²) in [4.78, 5) is 34.7. The second kappa shape index (κ2) is 11.1. The lowest BCUT2D eigenvalue weighted by molar-refractivity contribution is -0.131. The van der Waals surface area contributed by atoms with Crippen LogP contribution in [0.2, 0.25) is 0 Å². The van der Waals surface area contributed by atoms with Crippen molar-refractivity contribution in [2.24, 2.45) is 4.99 Å². The summed E-state index contributed by atoms with van der Waals surface area (Å²) in [6.07, 6.45) is 5.05. The molecule has 0 spiro atoms. The van der Waals surface area contributed by atoms with Crippen LogP contribution in [-0.4, -0.2) is 47.3 Å². The smallest absolute Gasteiger partial charge is 0.283 e. The van der Waals surface area contributed by atoms with Gasteiger partial charge in [-0.15, -0.1) is 0 Å². The minimum Gasteiger partial charge on any atom is -0.497 e. The van der Waals surface area contributed by atoms with Gasteiger partial charge in [-0.3, -0.25) is 14.5 Å². The lowest BCUT2D eigenvalue weighted by atomic mass is 10.0. The minimum atomic E-state index is -0.215. The SMILES string of the molecule is COc1cccc(N2C(=O)/C(=C\c3ccc(C(C)C)cc3)N=C2SCC(=O)N2CCCC[C@H]2C)c1. The third-order valence-corrected chi connectivity index (χ3v) is 7.42. The first-order valence-electron chi connectivity index (χ1n) is 12.2. The summed E-state index contributed by atoms with van der Waals surface area (Å²) < 4.78 is 5.37. The van der Waals surface area contributed by atoms with Crippen LogP contribution in [0.4, 0.5) is 5.69 Å². The number of rotatable bonds is 6. The number of piperidine rings is 1. The zero-order valence-corrected chi connectivity index (χ0v) is 21.7. The number of methoxy groups -OCH3 is 1. The van der Waals surface area contributed by atoms with Crippen molar-refractivity contribution < 1.29 is 14.3 Å². The summed E-state index contributed by atoms with van der Waals surface area (Å²) in [6.45, 7) is 7.20. The molecular weight excluding hydrogens is 458 g/mol. The predicted molar refractivity (Wildman–Crippen MR) is 144 cm³/mol. The third-order valence-electron chi connectivity index (χ3n) is 6.50. The number of anilines is 1. The monoisotopic (exact) mass is 491 g/mol. The Morgan fingerprint density at radius 1 is 1.20 bits per heavy atom. The summed E-state index contributed by atoms with van der Waals surface area (Å²) in [5, 5.41) is 0.506. The van der Waals surface area contributed by atoms with Crippen molar-refractivity contribution in [1.29, 1.82) is 0 Å². The highest BCUT2D eigenvalue weighted by Crippen LogP contribution is 2.32. The maximum atomic E-state index is 13.5. The third kappa shape index (κ3) is 5.78. The van der Waals surface area contributed by atoms with E-state index in [1.165, 1.54) is 17.3 Å². The molecule has 6 nitrogen and oxygen atoms in total. The molecule has 0 aromatic heterocycles. The Morgan fingerprint density at radius 2 is 1.97 bits per heavy atom. The second-order valence-electron chi connectivity index (χ2n) is 9.31. The average molecular weight is 492 g/mol. The molecule has 0 saturated carbocycles. The molecule has 2 aliphatic heterocycles. The standard InChI is InChI=1S/C28H33N3O3S/c1-19(2)22-13-11-21(12-14-22)16-25-27(33)31(23-9-7-10-24(17-23)34-4)28(29-25)35-18-26(32)30-15-6-5-8-20(30)3/h7,9-14,16-17,19-20H,5-6,8,15,18H2,1-4H3/b25-16+/t20-/m1/s1. The number of benzene rings is 2. The molecule has 35 heavy (non-hydrogen) atoms. The molecule has 2 aromatic rings. The first-order chi connectivity index (χ1) is 16.9. The Balaban J connectivity index is 1.60. The van der Waals surface area contributed by atoms with E-state index < -0.39 is 0 Å². The van der Waals surface area contributed by atoms with E-state index >= 15 is 0 Å². The molecule has 184 valence electrons. The van der Waals surface area contributed by atoms with Gasteiger partial charge in [0.25, 0.3) is 5.91 Å². The molecule has 1 saturated heterocycles. The highest BCUT2D eigenvalue weighted by Gasteiger charge is 2.33. The van der Waals surface area contributed by atoms with Gasteiger partial charge in [0, 0.05) is 18.7 Å². The Morgan fingerprint density at radius 3 is 2.66 bits per heavy atom. The molecular formula is C28H33N3O3S. The van der Waals surface area contributed by atoms with E-state index in [9.17, 15) is 9.59 Å². The average Bonchev–Trinajstić information content (AvgIpc) is 3.17. The molecule has 2 heterocycles. The quantitative estimate of drug-likeness (QED) is 0.487. The number of carbonyl (C=O) groups is 2. The van der Waals surface area contributed by atoms with Crippen LogP contribution >= 0.6 is 11.8 Å². The highest BCUT2D eigenvalue weighted by molar-refractivity contribution is 8.14. The lowest BCUT2D eigenvalue weighted by Gasteiger charge is -2.33. The van der Waals surface area contributed by atoms with E-state index in [4.69, 9.17) is 4.74 Å². The number of hydrogen-bond donors (Lipinski definition) is 0. The zero-order valence-electron chi connectivity index (χ0n) is 20.9. The highest BCUT2D eigenvalue weighted by atomic mass is 32.2. The maximum Gasteiger partial charge on any atom is 0.283 e. The first-order valence-corrected chi connectivity index (χ1v) is 13.2. The summed E-state index contributed by atoms with van der Waals surface area (Å²) in [5.74, 6) is 1.21. The van der Waals surface area contributed by atoms with Crippen molar-refractivity contribution in [3.8, 4) is 5.75 Å². The molecule has 0 bridgehead atoms. The van der Waals surface area contributed by atoms with Crippen molar-refractivity contribution in [3.05, 3.63) is 65.4 Å². The Kier molecular flexibility index (Phi) is 7.96. The van der Waals surface area contributed by atoms with Crippen molar-refractivity contribution in [2.75, 3.05) is 24.3 Å². The summed E-state index contributed by atoms with van der Waals surface area (Å²) in [6, 6.07) is 15.8. The number of likely N-dealkylation sites (tertiary alicyclic amines) is 1. The molecule has 1 fully saturated rings. The van der Waals surface area contributed by atoms with Crippen molar-refractivity contribution >= 4 is 40.5 Å². The fourth-order valence-corrected chi connectivity index (χ4v) is 5.28. The molecule has 7 heteroatoms. The molecule has 2 aliphatic rings. The van der Waals surface area contributed by atoms with Gasteiger partial charge in [-0.05, 0) is 61.4 Å². The van der Waals surface area contributed by atoms with E-state index in [2.05, 4.69) is 37.9 Å². The van der Waals surface area contributed by atoms with Gasteiger partial charge < -0.3 is 9.64 Å². The van der Waals surface area contributed by atoms with Crippen LogP contribution in [0.1, 0.15) is 57.1 Å². The van der Waals surface area contributed by atoms with Crippen molar-refractivity contribution in [1.82, 2.24) is 4.90 Å². The van der Waals surface area contributed by atoms with Crippen LogP contribution in [0.3, 0.4) is 0 Å². The fraction of sp³-hybridized carbons (Fsp3) is 0.393. The largest absolute Gasteiger partial charge is 0.497 e. The molecule has 2 amide bonds. The molecule has 1 atom stereocenters. The van der Waals surface area contributed by atoms with E-state index in [-0.39, 0.29) is 23.6 Å². The number of amides is 2. The van der Waals surface area contributed by atoms with Gasteiger partial charge in [-0.2, -0.15) is 0 Å². The maximum absolute atomic E-state index is 13.5. The molecule has 2 aromatic carbocycles. The zero-order chi connectivity index (χ0) is 24.9. The molecule has 4 rings (SSSR count). The summed E-state index contributed by atoms with van der Waals surface area (Å²) in [7, 11) is 1.60. The van der Waals surface area contributed by atoms with Gasteiger partial charge in [0.15, 0.2) is 5.17 Å². The Hall–Kier alpha value is -3.06. The van der Waals surface area contributed by atoms with Crippen molar-refractivity contribution in [3.63, 3.8) is 0 Å². The molecule has 0 unspecified atom stereocenters. The van der Waals surface area contributed by atoms with Gasteiger partial charge in [-0.25, -0.2) is 4.99 Å². The van der Waals surface area contributed by atoms with E-state index in [0.29, 0.717) is 28.2 Å². The van der Waals surface area contributed by atoms with Gasteiger partial charge in [0.2, 0.25) is 5.91 Å². The summed E-state index contributed by atoms with van der Waals surface area (Å²) in [5.41, 5.74) is 3.18. The second-order valence-corrected chi connectivity index (χ2v) is 10.3. The van der Waals surface area contributed by atoms with Crippen LogP contribution in [0.15, 0.2) is 59.2 Å².